The molecule has 3 saturated carbocycles. The molecule has 5 atom stereocenters. The lowest BCUT2D eigenvalue weighted by Gasteiger charge is -2.26. The van der Waals surface area contributed by atoms with Crippen LogP contribution in [0.3, 0.4) is 0 Å². The molecule has 0 amide bonds. The lowest BCUT2D eigenvalue weighted by molar-refractivity contribution is -0.112. The van der Waals surface area contributed by atoms with Crippen molar-refractivity contribution in [1.29, 1.82) is 0 Å². The van der Waals surface area contributed by atoms with E-state index in [1.165, 1.54) is 38.4 Å². The monoisotopic (exact) mass is 164 g/mol. The molecule has 3 rings (SSSR count). The third-order valence-electron chi connectivity index (χ3n) is 4.66. The van der Waals surface area contributed by atoms with Crippen molar-refractivity contribution in [3.8, 4) is 0 Å². The van der Waals surface area contributed by atoms with Gasteiger partial charge in [0.25, 0.3) is 0 Å². The Morgan fingerprint density at radius 1 is 1.00 bits per heavy atom. The van der Waals surface area contributed by atoms with E-state index in [1.807, 2.05) is 0 Å². The van der Waals surface area contributed by atoms with Crippen LogP contribution >= 0.6 is 0 Å². The van der Waals surface area contributed by atoms with Gasteiger partial charge >= 0.3 is 0 Å². The third-order valence-corrected chi connectivity index (χ3v) is 4.66. The zero-order valence-corrected chi connectivity index (χ0v) is 7.41. The van der Waals surface area contributed by atoms with E-state index in [0.29, 0.717) is 5.92 Å². The minimum absolute atomic E-state index is 0.449. The van der Waals surface area contributed by atoms with Gasteiger partial charge in [-0.15, -0.1) is 0 Å². The Morgan fingerprint density at radius 2 is 1.83 bits per heavy atom. The van der Waals surface area contributed by atoms with E-state index in [9.17, 15) is 4.79 Å². The number of aldehydes is 1. The zero-order valence-electron chi connectivity index (χ0n) is 7.41. The molecular formula is C11H16O. The second-order valence-electron chi connectivity index (χ2n) is 4.95. The van der Waals surface area contributed by atoms with Crippen molar-refractivity contribution in [3.05, 3.63) is 0 Å². The van der Waals surface area contributed by atoms with Gasteiger partial charge in [-0.25, -0.2) is 0 Å². The molecule has 0 aromatic rings. The predicted octanol–water partition coefficient (Wildman–Crippen LogP) is 2.26. The minimum Gasteiger partial charge on any atom is -0.303 e. The Bertz CT molecular complexity index is 211. The summed E-state index contributed by atoms with van der Waals surface area (Å²) in [5.41, 5.74) is 0. The molecule has 3 aliphatic rings. The molecule has 3 fully saturated rings. The number of fused-ring (bicyclic) bond motifs is 5. The Balaban J connectivity index is 1.89. The molecule has 0 saturated heterocycles. The number of rotatable bonds is 1. The van der Waals surface area contributed by atoms with E-state index in [4.69, 9.17) is 0 Å². The van der Waals surface area contributed by atoms with Crippen molar-refractivity contribution < 1.29 is 4.79 Å². The molecule has 0 spiro atoms. The van der Waals surface area contributed by atoms with Crippen LogP contribution in [-0.4, -0.2) is 6.29 Å². The highest BCUT2D eigenvalue weighted by Gasteiger charge is 2.52. The summed E-state index contributed by atoms with van der Waals surface area (Å²) in [5.74, 6) is 4.19. The lowest BCUT2D eigenvalue weighted by Crippen LogP contribution is -2.22. The van der Waals surface area contributed by atoms with Crippen LogP contribution in [0.5, 0.6) is 0 Å². The average molecular weight is 164 g/mol. The number of hydrogen-bond donors (Lipinski definition) is 0. The molecule has 12 heavy (non-hydrogen) atoms. The van der Waals surface area contributed by atoms with Gasteiger partial charge in [-0.05, 0) is 55.8 Å². The van der Waals surface area contributed by atoms with Crippen LogP contribution in [-0.2, 0) is 4.79 Å². The van der Waals surface area contributed by atoms with Crippen molar-refractivity contribution in [1.82, 2.24) is 0 Å². The van der Waals surface area contributed by atoms with Crippen molar-refractivity contribution >= 4 is 6.29 Å². The molecule has 0 unspecified atom stereocenters. The number of hydrogen-bond acceptors (Lipinski definition) is 1. The highest BCUT2D eigenvalue weighted by atomic mass is 16.1. The smallest absolute Gasteiger partial charge is 0.123 e. The van der Waals surface area contributed by atoms with Gasteiger partial charge in [0.15, 0.2) is 0 Å². The highest BCUT2D eigenvalue weighted by molar-refractivity contribution is 5.55. The maximum atomic E-state index is 10.8. The second-order valence-corrected chi connectivity index (χ2v) is 4.95. The predicted molar refractivity (Wildman–Crippen MR) is 46.6 cm³/mol. The summed E-state index contributed by atoms with van der Waals surface area (Å²) in [4.78, 5) is 10.8. The van der Waals surface area contributed by atoms with Gasteiger partial charge in [-0.1, -0.05) is 0 Å². The fourth-order valence-corrected chi connectivity index (χ4v) is 4.29. The standard InChI is InChI=1S/C11H16O/c12-6-9-3-4-10-7-1-2-8(5-7)11(9)10/h6-11H,1-5H2/t7-,8-,9-,10-,11+/m0/s1. The molecule has 0 heterocycles. The van der Waals surface area contributed by atoms with Gasteiger partial charge in [0.1, 0.15) is 6.29 Å². The fourth-order valence-electron chi connectivity index (χ4n) is 4.29. The molecule has 66 valence electrons. The Labute approximate surface area is 73.5 Å². The number of carbonyl (C=O) groups is 1. The molecule has 2 bridgehead atoms. The molecule has 3 aliphatic carbocycles. The fraction of sp³-hybridized carbons (Fsp3) is 0.909. The highest BCUT2D eigenvalue weighted by Crippen LogP contribution is 2.60. The van der Waals surface area contributed by atoms with Gasteiger partial charge in [-0.2, -0.15) is 0 Å². The van der Waals surface area contributed by atoms with E-state index in [1.54, 1.807) is 0 Å². The molecule has 0 aromatic heterocycles. The first kappa shape index (κ1) is 7.11. The maximum absolute atomic E-state index is 10.8. The molecule has 0 aliphatic heterocycles. The largest absolute Gasteiger partial charge is 0.303 e. The summed E-state index contributed by atoms with van der Waals surface area (Å²) in [5, 5.41) is 0. The summed E-state index contributed by atoms with van der Waals surface area (Å²) in [6, 6.07) is 0. The van der Waals surface area contributed by atoms with Crippen LogP contribution in [0.25, 0.3) is 0 Å². The SMILES string of the molecule is O=C[C@@H]1CC[C@H]2[C@H]3CC[C@@H](C3)[C@@H]21. The molecule has 0 N–H and O–H groups in total. The average Bonchev–Trinajstić information content (AvgIpc) is 2.76. The van der Waals surface area contributed by atoms with Crippen LogP contribution in [0, 0.1) is 29.6 Å². The van der Waals surface area contributed by atoms with Gasteiger partial charge in [0.2, 0.25) is 0 Å². The van der Waals surface area contributed by atoms with Crippen LogP contribution in [0.4, 0.5) is 0 Å². The van der Waals surface area contributed by atoms with E-state index in [0.717, 1.165) is 23.7 Å². The molecular weight excluding hydrogens is 148 g/mol. The van der Waals surface area contributed by atoms with Crippen molar-refractivity contribution in [2.45, 2.75) is 32.1 Å². The second kappa shape index (κ2) is 2.34. The summed E-state index contributed by atoms with van der Waals surface area (Å²) >= 11 is 0. The van der Waals surface area contributed by atoms with Crippen LogP contribution in [0.2, 0.25) is 0 Å². The first-order valence-electron chi connectivity index (χ1n) is 5.35. The van der Waals surface area contributed by atoms with Gasteiger partial charge in [-0.3, -0.25) is 0 Å². The number of carbonyl (C=O) groups excluding carboxylic acids is 1. The van der Waals surface area contributed by atoms with Crippen LogP contribution in [0.15, 0.2) is 0 Å². The Hall–Kier alpha value is -0.330. The first-order chi connectivity index (χ1) is 5.90. The van der Waals surface area contributed by atoms with Gasteiger partial charge < -0.3 is 4.79 Å². The zero-order chi connectivity index (χ0) is 8.13. The molecule has 0 aromatic carbocycles. The third kappa shape index (κ3) is 0.725. The Morgan fingerprint density at radius 3 is 2.67 bits per heavy atom. The summed E-state index contributed by atoms with van der Waals surface area (Å²) in [7, 11) is 0. The summed E-state index contributed by atoms with van der Waals surface area (Å²) in [6.45, 7) is 0. The summed E-state index contributed by atoms with van der Waals surface area (Å²) < 4.78 is 0. The minimum atomic E-state index is 0.449. The quantitative estimate of drug-likeness (QED) is 0.543. The molecule has 1 nitrogen and oxygen atoms in total. The van der Waals surface area contributed by atoms with Gasteiger partial charge in [0, 0.05) is 5.92 Å². The van der Waals surface area contributed by atoms with E-state index >= 15 is 0 Å². The van der Waals surface area contributed by atoms with Crippen LogP contribution < -0.4 is 0 Å². The van der Waals surface area contributed by atoms with Crippen molar-refractivity contribution in [2.75, 3.05) is 0 Å². The lowest BCUT2D eigenvalue weighted by atomic mass is 9.78. The van der Waals surface area contributed by atoms with E-state index in [2.05, 4.69) is 0 Å². The molecule has 0 radical (unpaired) electrons. The van der Waals surface area contributed by atoms with Gasteiger partial charge in [0.05, 0.1) is 0 Å². The summed E-state index contributed by atoms with van der Waals surface area (Å²) in [6.07, 6.45) is 8.15. The maximum Gasteiger partial charge on any atom is 0.123 e. The first-order valence-corrected chi connectivity index (χ1v) is 5.35. The Kier molecular flexibility index (Phi) is 1.38. The van der Waals surface area contributed by atoms with Crippen molar-refractivity contribution in [3.63, 3.8) is 0 Å². The van der Waals surface area contributed by atoms with Crippen molar-refractivity contribution in [2.24, 2.45) is 29.6 Å². The molecule has 1 heteroatoms. The topological polar surface area (TPSA) is 17.1 Å². The van der Waals surface area contributed by atoms with E-state index in [-0.39, 0.29) is 0 Å². The van der Waals surface area contributed by atoms with E-state index < -0.39 is 0 Å². The normalized spacial score (nSPS) is 55.8. The van der Waals surface area contributed by atoms with Crippen LogP contribution in [0.1, 0.15) is 32.1 Å².